The third-order valence-electron chi connectivity index (χ3n) is 3.58. The van der Waals surface area contributed by atoms with Crippen LogP contribution < -0.4 is 5.32 Å². The van der Waals surface area contributed by atoms with Gasteiger partial charge in [-0.1, -0.05) is 0 Å². The first-order valence-corrected chi connectivity index (χ1v) is 5.36. The molecule has 2 unspecified atom stereocenters. The minimum absolute atomic E-state index is 0.970. The number of nitrogens with zero attached hydrogens (tertiary/aromatic N) is 1. The van der Waals surface area contributed by atoms with Crippen molar-refractivity contribution in [1.82, 2.24) is 10.2 Å². The van der Waals surface area contributed by atoms with Crippen LogP contribution in [0.25, 0.3) is 0 Å². The first-order chi connectivity index (χ1) is 5.92. The molecule has 2 aliphatic heterocycles. The van der Waals surface area contributed by atoms with Crippen LogP contribution in [0, 0.1) is 11.8 Å². The molecule has 0 aromatic rings. The van der Waals surface area contributed by atoms with Gasteiger partial charge >= 0.3 is 0 Å². The lowest BCUT2D eigenvalue weighted by molar-refractivity contribution is 0.0913. The molecular weight excluding hydrogens is 148 g/mol. The molecule has 3 fully saturated rings. The highest BCUT2D eigenvalue weighted by Crippen LogP contribution is 2.33. The van der Waals surface area contributed by atoms with Gasteiger partial charge in [0.25, 0.3) is 0 Å². The number of likely N-dealkylation sites (tertiary alicyclic amines) is 1. The smallest absolute Gasteiger partial charge is 0.00966 e. The molecule has 2 heteroatoms. The fourth-order valence-corrected chi connectivity index (χ4v) is 2.88. The molecular formula is C10H18N2. The maximum Gasteiger partial charge on any atom is 0.00966 e. The quantitative estimate of drug-likeness (QED) is 0.616. The van der Waals surface area contributed by atoms with E-state index in [9.17, 15) is 0 Å². The Labute approximate surface area is 74.3 Å². The van der Waals surface area contributed by atoms with Gasteiger partial charge in [0, 0.05) is 19.1 Å². The van der Waals surface area contributed by atoms with E-state index in [4.69, 9.17) is 0 Å². The van der Waals surface area contributed by atoms with Crippen LogP contribution in [-0.2, 0) is 0 Å². The van der Waals surface area contributed by atoms with Gasteiger partial charge in [-0.2, -0.15) is 0 Å². The summed E-state index contributed by atoms with van der Waals surface area (Å²) in [6.07, 6.45) is 4.45. The highest BCUT2D eigenvalue weighted by Gasteiger charge is 2.37. The van der Waals surface area contributed by atoms with Gasteiger partial charge in [0.05, 0.1) is 0 Å². The van der Waals surface area contributed by atoms with Gasteiger partial charge in [-0.3, -0.25) is 4.90 Å². The number of hydrogen-bond acceptors (Lipinski definition) is 2. The molecule has 0 aromatic carbocycles. The first kappa shape index (κ1) is 7.34. The summed E-state index contributed by atoms with van der Waals surface area (Å²) < 4.78 is 0. The van der Waals surface area contributed by atoms with E-state index in [0.717, 1.165) is 17.9 Å². The normalized spacial score (nSPS) is 43.0. The molecule has 2 heterocycles. The molecule has 2 atom stereocenters. The van der Waals surface area contributed by atoms with Gasteiger partial charge in [0.1, 0.15) is 0 Å². The summed E-state index contributed by atoms with van der Waals surface area (Å²) in [6, 6.07) is 0.994. The first-order valence-electron chi connectivity index (χ1n) is 5.36. The Balaban J connectivity index is 1.67. The lowest BCUT2D eigenvalue weighted by Gasteiger charge is -2.41. The zero-order valence-corrected chi connectivity index (χ0v) is 7.63. The van der Waals surface area contributed by atoms with Crippen LogP contribution in [0.3, 0.4) is 0 Å². The minimum atomic E-state index is 0.970. The van der Waals surface area contributed by atoms with Crippen LogP contribution in [0.1, 0.15) is 19.3 Å². The Morgan fingerprint density at radius 3 is 2.25 bits per heavy atom. The second-order valence-corrected chi connectivity index (χ2v) is 4.81. The average molecular weight is 166 g/mol. The maximum atomic E-state index is 3.54. The number of rotatable bonds is 1. The van der Waals surface area contributed by atoms with E-state index in [-0.39, 0.29) is 0 Å². The van der Waals surface area contributed by atoms with Crippen molar-refractivity contribution in [2.45, 2.75) is 25.3 Å². The summed E-state index contributed by atoms with van der Waals surface area (Å²) in [5.41, 5.74) is 0. The van der Waals surface area contributed by atoms with Crippen molar-refractivity contribution in [2.24, 2.45) is 11.8 Å². The molecule has 3 aliphatic rings. The van der Waals surface area contributed by atoms with Crippen molar-refractivity contribution in [2.75, 3.05) is 26.2 Å². The van der Waals surface area contributed by atoms with Crippen molar-refractivity contribution < 1.29 is 0 Å². The van der Waals surface area contributed by atoms with Crippen molar-refractivity contribution in [3.63, 3.8) is 0 Å². The van der Waals surface area contributed by atoms with E-state index in [1.165, 1.54) is 45.4 Å². The number of hydrogen-bond donors (Lipinski definition) is 1. The second kappa shape index (κ2) is 2.71. The lowest BCUT2D eigenvalue weighted by atomic mass is 9.86. The van der Waals surface area contributed by atoms with E-state index < -0.39 is 0 Å². The molecule has 0 amide bonds. The average Bonchev–Trinajstić information content (AvgIpc) is 2.85. The summed E-state index contributed by atoms with van der Waals surface area (Å²) in [5.74, 6) is 1.94. The number of nitrogens with one attached hydrogen (secondary N) is 1. The van der Waals surface area contributed by atoms with Crippen LogP contribution >= 0.6 is 0 Å². The standard InChI is InChI=1S/C10H18N2/c1-2-10(1)12-6-8-3-9(7-12)5-11-4-8/h8-11H,1-7H2. The summed E-state index contributed by atoms with van der Waals surface area (Å²) in [6.45, 7) is 5.32. The second-order valence-electron chi connectivity index (χ2n) is 4.81. The fraction of sp³-hybridized carbons (Fsp3) is 1.00. The van der Waals surface area contributed by atoms with Crippen molar-refractivity contribution in [3.05, 3.63) is 0 Å². The van der Waals surface area contributed by atoms with E-state index in [2.05, 4.69) is 10.2 Å². The molecule has 1 N–H and O–H groups in total. The third kappa shape index (κ3) is 1.27. The van der Waals surface area contributed by atoms with Gasteiger partial charge in [-0.05, 0) is 44.2 Å². The molecule has 0 radical (unpaired) electrons. The molecule has 0 spiro atoms. The topological polar surface area (TPSA) is 15.3 Å². The Morgan fingerprint density at radius 2 is 1.67 bits per heavy atom. The van der Waals surface area contributed by atoms with Crippen molar-refractivity contribution in [1.29, 1.82) is 0 Å². The zero-order chi connectivity index (χ0) is 7.97. The van der Waals surface area contributed by atoms with Crippen LogP contribution in [0.5, 0.6) is 0 Å². The van der Waals surface area contributed by atoms with E-state index >= 15 is 0 Å². The highest BCUT2D eigenvalue weighted by molar-refractivity contribution is 4.93. The van der Waals surface area contributed by atoms with Crippen LogP contribution in [-0.4, -0.2) is 37.1 Å². The predicted octanol–water partition coefficient (Wildman–Crippen LogP) is 0.690. The fourth-order valence-electron chi connectivity index (χ4n) is 2.88. The van der Waals surface area contributed by atoms with E-state index in [0.29, 0.717) is 0 Å². The van der Waals surface area contributed by atoms with Crippen LogP contribution in [0.4, 0.5) is 0 Å². The highest BCUT2D eigenvalue weighted by atomic mass is 15.2. The molecule has 2 nitrogen and oxygen atoms in total. The third-order valence-corrected chi connectivity index (χ3v) is 3.58. The number of fused-ring (bicyclic) bond motifs is 2. The lowest BCUT2D eigenvalue weighted by Crippen LogP contribution is -2.51. The molecule has 2 saturated heterocycles. The summed E-state index contributed by atoms with van der Waals surface area (Å²) in [7, 11) is 0. The SMILES string of the molecule is C1NCC2CC1CN(C1CC1)C2. The van der Waals surface area contributed by atoms with Gasteiger partial charge in [0.2, 0.25) is 0 Å². The van der Waals surface area contributed by atoms with Crippen molar-refractivity contribution in [3.8, 4) is 0 Å². The van der Waals surface area contributed by atoms with Crippen LogP contribution in [0.2, 0.25) is 0 Å². The Bertz CT molecular complexity index is 165. The Kier molecular flexibility index (Phi) is 1.66. The monoisotopic (exact) mass is 166 g/mol. The largest absolute Gasteiger partial charge is 0.316 e. The van der Waals surface area contributed by atoms with E-state index in [1.54, 1.807) is 0 Å². The van der Waals surface area contributed by atoms with Crippen molar-refractivity contribution >= 4 is 0 Å². The van der Waals surface area contributed by atoms with Gasteiger partial charge in [0.15, 0.2) is 0 Å². The Morgan fingerprint density at radius 1 is 1.00 bits per heavy atom. The molecule has 3 rings (SSSR count). The molecule has 1 saturated carbocycles. The Hall–Kier alpha value is -0.0800. The van der Waals surface area contributed by atoms with Gasteiger partial charge in [-0.15, -0.1) is 0 Å². The van der Waals surface area contributed by atoms with Gasteiger partial charge in [-0.25, -0.2) is 0 Å². The maximum absolute atomic E-state index is 3.54. The van der Waals surface area contributed by atoms with Crippen LogP contribution in [0.15, 0.2) is 0 Å². The number of piperidine rings is 2. The molecule has 12 heavy (non-hydrogen) atoms. The molecule has 1 aliphatic carbocycles. The molecule has 2 bridgehead atoms. The summed E-state index contributed by atoms with van der Waals surface area (Å²) >= 11 is 0. The molecule has 68 valence electrons. The zero-order valence-electron chi connectivity index (χ0n) is 7.63. The summed E-state index contributed by atoms with van der Waals surface area (Å²) in [4.78, 5) is 2.75. The molecule has 0 aromatic heterocycles. The van der Waals surface area contributed by atoms with E-state index in [1.807, 2.05) is 0 Å². The van der Waals surface area contributed by atoms with Gasteiger partial charge < -0.3 is 5.32 Å². The summed E-state index contributed by atoms with van der Waals surface area (Å²) in [5, 5.41) is 3.54. The minimum Gasteiger partial charge on any atom is -0.316 e. The predicted molar refractivity (Wildman–Crippen MR) is 49.1 cm³/mol.